The molecule has 1 aliphatic rings. The highest BCUT2D eigenvalue weighted by atomic mass is 32.2. The molecule has 1 N–H and O–H groups in total. The standard InChI is InChI=1S/C16H24N2O4S2/c1-3-16(19)17-13-4-6-15(7-5-13)24(20,21)18(9-10-22-2)14-8-11-23-12-14/h4-7,14H,3,8-12H2,1-2H3,(H,17,19)/t14-/m1/s1. The fourth-order valence-electron chi connectivity index (χ4n) is 2.52. The first-order chi connectivity index (χ1) is 11.5. The summed E-state index contributed by atoms with van der Waals surface area (Å²) in [6.45, 7) is 2.48. The Hall–Kier alpha value is -1.09. The molecule has 134 valence electrons. The Morgan fingerprint density at radius 2 is 2.08 bits per heavy atom. The van der Waals surface area contributed by atoms with E-state index in [2.05, 4.69) is 5.32 Å². The zero-order valence-electron chi connectivity index (χ0n) is 14.0. The van der Waals surface area contributed by atoms with Gasteiger partial charge in [0.05, 0.1) is 11.5 Å². The molecule has 1 saturated heterocycles. The molecule has 0 unspecified atom stereocenters. The molecule has 6 nitrogen and oxygen atoms in total. The number of nitrogens with zero attached hydrogens (tertiary/aromatic N) is 1. The van der Waals surface area contributed by atoms with Crippen LogP contribution < -0.4 is 5.32 Å². The van der Waals surface area contributed by atoms with Gasteiger partial charge in [-0.15, -0.1) is 0 Å². The van der Waals surface area contributed by atoms with Gasteiger partial charge in [0.2, 0.25) is 15.9 Å². The van der Waals surface area contributed by atoms with Gasteiger partial charge in [0, 0.05) is 37.6 Å². The van der Waals surface area contributed by atoms with Crippen molar-refractivity contribution >= 4 is 33.4 Å². The molecule has 0 spiro atoms. The Balaban J connectivity index is 2.20. The third-order valence-corrected chi connectivity index (χ3v) is 7.01. The summed E-state index contributed by atoms with van der Waals surface area (Å²) in [7, 11) is -2.01. The van der Waals surface area contributed by atoms with E-state index in [0.29, 0.717) is 25.3 Å². The average molecular weight is 373 g/mol. The van der Waals surface area contributed by atoms with E-state index in [4.69, 9.17) is 4.74 Å². The van der Waals surface area contributed by atoms with Crippen molar-refractivity contribution in [2.75, 3.05) is 37.1 Å². The average Bonchev–Trinajstić information content (AvgIpc) is 3.09. The first-order valence-electron chi connectivity index (χ1n) is 7.97. The molecule has 1 atom stereocenters. The van der Waals surface area contributed by atoms with Crippen LogP contribution in [0.2, 0.25) is 0 Å². The number of amides is 1. The SMILES string of the molecule is CCC(=O)Nc1ccc(S(=O)(=O)N(CCOC)[C@@H]2CCSC2)cc1. The minimum Gasteiger partial charge on any atom is -0.383 e. The minimum absolute atomic E-state index is 0.00891. The highest BCUT2D eigenvalue weighted by Crippen LogP contribution is 2.28. The summed E-state index contributed by atoms with van der Waals surface area (Å²) in [5.41, 5.74) is 0.598. The number of carbonyl (C=O) groups excluding carboxylic acids is 1. The van der Waals surface area contributed by atoms with Crippen LogP contribution in [0.5, 0.6) is 0 Å². The topological polar surface area (TPSA) is 75.7 Å². The van der Waals surface area contributed by atoms with Gasteiger partial charge >= 0.3 is 0 Å². The maximum Gasteiger partial charge on any atom is 0.243 e. The van der Waals surface area contributed by atoms with Crippen LogP contribution in [0.15, 0.2) is 29.2 Å². The van der Waals surface area contributed by atoms with Crippen molar-refractivity contribution < 1.29 is 17.9 Å². The monoisotopic (exact) mass is 372 g/mol. The number of sulfonamides is 1. The van der Waals surface area contributed by atoms with Crippen LogP contribution in [0.3, 0.4) is 0 Å². The first kappa shape index (κ1) is 19.2. The van der Waals surface area contributed by atoms with Crippen molar-refractivity contribution in [3.05, 3.63) is 24.3 Å². The Bertz CT molecular complexity index is 641. The van der Waals surface area contributed by atoms with Gasteiger partial charge in [-0.05, 0) is 36.4 Å². The summed E-state index contributed by atoms with van der Waals surface area (Å²) in [6.07, 6.45) is 1.24. The molecule has 2 rings (SSSR count). The number of ether oxygens (including phenoxy) is 1. The van der Waals surface area contributed by atoms with Crippen LogP contribution >= 0.6 is 11.8 Å². The largest absolute Gasteiger partial charge is 0.383 e. The molecule has 0 aromatic heterocycles. The molecule has 0 radical (unpaired) electrons. The third kappa shape index (κ3) is 4.72. The number of thioether (sulfide) groups is 1. The molecule has 0 bridgehead atoms. The lowest BCUT2D eigenvalue weighted by Crippen LogP contribution is -2.42. The smallest absolute Gasteiger partial charge is 0.243 e. The maximum atomic E-state index is 13.0. The summed E-state index contributed by atoms with van der Waals surface area (Å²) in [4.78, 5) is 11.7. The number of methoxy groups -OCH3 is 1. The van der Waals surface area contributed by atoms with Crippen LogP contribution in [0.1, 0.15) is 19.8 Å². The van der Waals surface area contributed by atoms with Gasteiger partial charge in [-0.25, -0.2) is 8.42 Å². The normalized spacial score (nSPS) is 18.0. The molecule has 1 heterocycles. The lowest BCUT2D eigenvalue weighted by atomic mass is 10.3. The number of nitrogens with one attached hydrogen (secondary N) is 1. The molecule has 8 heteroatoms. The van der Waals surface area contributed by atoms with Crippen LogP contribution in [-0.2, 0) is 19.6 Å². The maximum absolute atomic E-state index is 13.0. The van der Waals surface area contributed by atoms with Gasteiger partial charge in [0.1, 0.15) is 0 Å². The minimum atomic E-state index is -3.58. The summed E-state index contributed by atoms with van der Waals surface area (Å²) in [6, 6.07) is 6.34. The quantitative estimate of drug-likeness (QED) is 0.757. The second-order valence-electron chi connectivity index (χ2n) is 5.55. The molecule has 1 aromatic rings. The van der Waals surface area contributed by atoms with Crippen LogP contribution in [-0.4, -0.2) is 56.4 Å². The van der Waals surface area contributed by atoms with Gasteiger partial charge in [0.25, 0.3) is 0 Å². The number of anilines is 1. The fraction of sp³-hybridized carbons (Fsp3) is 0.562. The number of carbonyl (C=O) groups is 1. The second kappa shape index (κ2) is 8.84. The molecule has 24 heavy (non-hydrogen) atoms. The van der Waals surface area contributed by atoms with E-state index < -0.39 is 10.0 Å². The molecular formula is C16H24N2O4S2. The van der Waals surface area contributed by atoms with E-state index in [1.54, 1.807) is 54.4 Å². The summed E-state index contributed by atoms with van der Waals surface area (Å²) in [5, 5.41) is 2.72. The number of benzene rings is 1. The van der Waals surface area contributed by atoms with Crippen molar-refractivity contribution in [3.63, 3.8) is 0 Å². The van der Waals surface area contributed by atoms with Crippen molar-refractivity contribution in [1.29, 1.82) is 0 Å². The lowest BCUT2D eigenvalue weighted by molar-refractivity contribution is -0.115. The van der Waals surface area contributed by atoms with E-state index in [0.717, 1.165) is 17.9 Å². The zero-order valence-corrected chi connectivity index (χ0v) is 15.7. The number of rotatable bonds is 8. The summed E-state index contributed by atoms with van der Waals surface area (Å²) in [5.74, 6) is 1.69. The summed E-state index contributed by atoms with van der Waals surface area (Å²) < 4.78 is 32.6. The van der Waals surface area contributed by atoms with Gasteiger partial charge in [-0.1, -0.05) is 6.92 Å². The number of hydrogen-bond acceptors (Lipinski definition) is 5. The van der Waals surface area contributed by atoms with Crippen molar-refractivity contribution in [2.24, 2.45) is 0 Å². The molecule has 1 fully saturated rings. The Morgan fingerprint density at radius 3 is 2.62 bits per heavy atom. The van der Waals surface area contributed by atoms with Gasteiger partial charge in [0.15, 0.2) is 0 Å². The van der Waals surface area contributed by atoms with Crippen molar-refractivity contribution in [2.45, 2.75) is 30.7 Å². The highest BCUT2D eigenvalue weighted by molar-refractivity contribution is 7.99. The highest BCUT2D eigenvalue weighted by Gasteiger charge is 2.33. The van der Waals surface area contributed by atoms with Gasteiger partial charge < -0.3 is 10.1 Å². The predicted molar refractivity (Wildman–Crippen MR) is 96.9 cm³/mol. The van der Waals surface area contributed by atoms with E-state index >= 15 is 0 Å². The van der Waals surface area contributed by atoms with E-state index in [1.165, 1.54) is 0 Å². The molecular weight excluding hydrogens is 348 g/mol. The number of hydrogen-bond donors (Lipinski definition) is 1. The molecule has 1 amide bonds. The Kier molecular flexibility index (Phi) is 7.09. The molecule has 1 aliphatic heterocycles. The fourth-order valence-corrected chi connectivity index (χ4v) is 5.48. The third-order valence-electron chi connectivity index (χ3n) is 3.89. The van der Waals surface area contributed by atoms with Gasteiger partial charge in [-0.3, -0.25) is 4.79 Å². The van der Waals surface area contributed by atoms with E-state index in [-0.39, 0.29) is 16.8 Å². The van der Waals surface area contributed by atoms with Gasteiger partial charge in [-0.2, -0.15) is 16.1 Å². The van der Waals surface area contributed by atoms with Crippen LogP contribution in [0, 0.1) is 0 Å². The predicted octanol–water partition coefficient (Wildman–Crippen LogP) is 2.18. The summed E-state index contributed by atoms with van der Waals surface area (Å²) >= 11 is 1.77. The molecule has 0 saturated carbocycles. The van der Waals surface area contributed by atoms with Crippen molar-refractivity contribution in [1.82, 2.24) is 4.31 Å². The van der Waals surface area contributed by atoms with Crippen LogP contribution in [0.4, 0.5) is 5.69 Å². The zero-order chi connectivity index (χ0) is 17.6. The molecule has 0 aliphatic carbocycles. The second-order valence-corrected chi connectivity index (χ2v) is 8.59. The van der Waals surface area contributed by atoms with Crippen molar-refractivity contribution in [3.8, 4) is 0 Å². The first-order valence-corrected chi connectivity index (χ1v) is 10.6. The van der Waals surface area contributed by atoms with Crippen LogP contribution in [0.25, 0.3) is 0 Å². The Morgan fingerprint density at radius 1 is 1.38 bits per heavy atom. The lowest BCUT2D eigenvalue weighted by Gasteiger charge is -2.27. The molecule has 1 aromatic carbocycles. The van der Waals surface area contributed by atoms with E-state index in [1.807, 2.05) is 0 Å². The van der Waals surface area contributed by atoms with E-state index in [9.17, 15) is 13.2 Å². The Labute approximate surface area is 148 Å².